The van der Waals surface area contributed by atoms with E-state index in [1.807, 2.05) is 38.1 Å². The standard InChI is InChI=1S/C15H19N3O2S/c1-11-5-3-7-14(18-11)10-17-12(2)13-6-4-8-15(9-13)21(16,19)20/h3-9,12,17H,10H2,1-2H3,(H2,16,19,20). The predicted molar refractivity (Wildman–Crippen MR) is 82.0 cm³/mol. The maximum Gasteiger partial charge on any atom is 0.238 e. The highest BCUT2D eigenvalue weighted by Gasteiger charge is 2.11. The van der Waals surface area contributed by atoms with Gasteiger partial charge in [-0.05, 0) is 43.7 Å². The van der Waals surface area contributed by atoms with Crippen molar-refractivity contribution in [2.75, 3.05) is 0 Å². The summed E-state index contributed by atoms with van der Waals surface area (Å²) in [6.45, 7) is 4.53. The lowest BCUT2D eigenvalue weighted by atomic mass is 10.1. The molecule has 0 radical (unpaired) electrons. The number of pyridine rings is 1. The third-order valence-electron chi connectivity index (χ3n) is 3.22. The maximum absolute atomic E-state index is 11.4. The van der Waals surface area contributed by atoms with Gasteiger partial charge in [-0.1, -0.05) is 18.2 Å². The van der Waals surface area contributed by atoms with Crippen LogP contribution in [0.15, 0.2) is 47.4 Å². The van der Waals surface area contributed by atoms with E-state index in [2.05, 4.69) is 10.3 Å². The summed E-state index contributed by atoms with van der Waals surface area (Å²) in [5, 5.41) is 8.47. The van der Waals surface area contributed by atoms with Crippen LogP contribution in [-0.2, 0) is 16.6 Å². The second-order valence-electron chi connectivity index (χ2n) is 4.99. The Morgan fingerprint density at radius 2 is 1.95 bits per heavy atom. The molecule has 2 rings (SSSR count). The van der Waals surface area contributed by atoms with Crippen molar-refractivity contribution in [2.45, 2.75) is 31.3 Å². The minimum atomic E-state index is -3.67. The number of sulfonamides is 1. The van der Waals surface area contributed by atoms with Gasteiger partial charge in [-0.15, -0.1) is 0 Å². The topological polar surface area (TPSA) is 85.1 Å². The molecule has 2 aromatic rings. The van der Waals surface area contributed by atoms with E-state index < -0.39 is 10.0 Å². The van der Waals surface area contributed by atoms with E-state index >= 15 is 0 Å². The van der Waals surface area contributed by atoms with Gasteiger partial charge in [0.2, 0.25) is 10.0 Å². The molecule has 0 aliphatic rings. The van der Waals surface area contributed by atoms with Crippen LogP contribution >= 0.6 is 0 Å². The zero-order valence-electron chi connectivity index (χ0n) is 12.1. The van der Waals surface area contributed by atoms with E-state index in [9.17, 15) is 8.42 Å². The summed E-state index contributed by atoms with van der Waals surface area (Å²) in [5.41, 5.74) is 2.79. The molecule has 1 aromatic carbocycles. The molecule has 0 aliphatic carbocycles. The van der Waals surface area contributed by atoms with Crippen molar-refractivity contribution in [1.29, 1.82) is 0 Å². The molecular weight excluding hydrogens is 286 g/mol. The number of rotatable bonds is 5. The second-order valence-corrected chi connectivity index (χ2v) is 6.55. The molecule has 0 saturated heterocycles. The van der Waals surface area contributed by atoms with Gasteiger partial charge in [0.25, 0.3) is 0 Å². The molecule has 1 aromatic heterocycles. The summed E-state index contributed by atoms with van der Waals surface area (Å²) >= 11 is 0. The molecule has 0 bridgehead atoms. The predicted octanol–water partition coefficient (Wildman–Crippen LogP) is 1.89. The minimum absolute atomic E-state index is 0.00554. The number of aromatic nitrogens is 1. The molecule has 0 saturated carbocycles. The molecule has 3 N–H and O–H groups in total. The normalized spacial score (nSPS) is 13.1. The van der Waals surface area contributed by atoms with Gasteiger partial charge >= 0.3 is 0 Å². The van der Waals surface area contributed by atoms with Crippen LogP contribution < -0.4 is 10.5 Å². The van der Waals surface area contributed by atoms with Crippen LogP contribution in [0, 0.1) is 6.92 Å². The van der Waals surface area contributed by atoms with Gasteiger partial charge < -0.3 is 5.32 Å². The van der Waals surface area contributed by atoms with Gasteiger partial charge in [0, 0.05) is 18.3 Å². The second kappa shape index (κ2) is 6.34. The fourth-order valence-corrected chi connectivity index (χ4v) is 2.60. The largest absolute Gasteiger partial charge is 0.305 e. The molecule has 5 nitrogen and oxygen atoms in total. The van der Waals surface area contributed by atoms with Gasteiger partial charge in [-0.2, -0.15) is 0 Å². The van der Waals surface area contributed by atoms with Gasteiger partial charge in [0.15, 0.2) is 0 Å². The summed E-state index contributed by atoms with van der Waals surface area (Å²) in [6.07, 6.45) is 0. The Bertz CT molecular complexity index is 729. The number of nitrogens with two attached hydrogens (primary N) is 1. The van der Waals surface area contributed by atoms with E-state index in [-0.39, 0.29) is 10.9 Å². The summed E-state index contributed by atoms with van der Waals surface area (Å²) in [7, 11) is -3.67. The molecule has 0 aliphatic heterocycles. The Morgan fingerprint density at radius 3 is 2.62 bits per heavy atom. The number of hydrogen-bond acceptors (Lipinski definition) is 4. The van der Waals surface area contributed by atoms with Crippen LogP contribution in [0.25, 0.3) is 0 Å². The average molecular weight is 305 g/mol. The summed E-state index contributed by atoms with van der Waals surface area (Å²) in [5.74, 6) is 0. The monoisotopic (exact) mass is 305 g/mol. The highest BCUT2D eigenvalue weighted by atomic mass is 32.2. The Morgan fingerprint density at radius 1 is 1.24 bits per heavy atom. The van der Waals surface area contributed by atoms with E-state index in [1.165, 1.54) is 6.07 Å². The molecular formula is C15H19N3O2S. The van der Waals surface area contributed by atoms with Crippen molar-refractivity contribution in [2.24, 2.45) is 5.14 Å². The van der Waals surface area contributed by atoms with Crippen molar-refractivity contribution in [1.82, 2.24) is 10.3 Å². The van der Waals surface area contributed by atoms with Gasteiger partial charge in [-0.3, -0.25) is 4.98 Å². The number of benzene rings is 1. The fraction of sp³-hybridized carbons (Fsp3) is 0.267. The summed E-state index contributed by atoms with van der Waals surface area (Å²) in [4.78, 5) is 4.54. The van der Waals surface area contributed by atoms with Crippen molar-refractivity contribution in [3.63, 3.8) is 0 Å². The van der Waals surface area contributed by atoms with Gasteiger partial charge in [0.1, 0.15) is 0 Å². The third kappa shape index (κ3) is 4.35. The van der Waals surface area contributed by atoms with E-state index in [0.29, 0.717) is 6.54 Å². The molecule has 0 spiro atoms. The van der Waals surface area contributed by atoms with Crippen LogP contribution in [0.1, 0.15) is 29.9 Å². The third-order valence-corrected chi connectivity index (χ3v) is 4.13. The first-order valence-corrected chi connectivity index (χ1v) is 8.19. The first kappa shape index (κ1) is 15.6. The molecule has 21 heavy (non-hydrogen) atoms. The highest BCUT2D eigenvalue weighted by Crippen LogP contribution is 2.17. The van der Waals surface area contributed by atoms with Crippen LogP contribution in [0.5, 0.6) is 0 Å². The SMILES string of the molecule is Cc1cccc(CNC(C)c2cccc(S(N)(=O)=O)c2)n1. The number of nitrogens with one attached hydrogen (secondary N) is 1. The Balaban J connectivity index is 2.08. The van der Waals surface area contributed by atoms with E-state index in [1.54, 1.807) is 12.1 Å². The summed E-state index contributed by atoms with van der Waals surface area (Å²) < 4.78 is 22.7. The smallest absolute Gasteiger partial charge is 0.238 e. The molecule has 112 valence electrons. The van der Waals surface area contributed by atoms with Crippen molar-refractivity contribution in [3.05, 3.63) is 59.4 Å². The van der Waals surface area contributed by atoms with Crippen LogP contribution in [-0.4, -0.2) is 13.4 Å². The minimum Gasteiger partial charge on any atom is -0.305 e. The molecule has 1 unspecified atom stereocenters. The zero-order valence-corrected chi connectivity index (χ0v) is 12.9. The number of hydrogen-bond donors (Lipinski definition) is 2. The lowest BCUT2D eigenvalue weighted by molar-refractivity contribution is 0.565. The first-order valence-electron chi connectivity index (χ1n) is 6.65. The molecule has 1 atom stereocenters. The number of nitrogens with zero attached hydrogens (tertiary/aromatic N) is 1. The van der Waals surface area contributed by atoms with Gasteiger partial charge in [0.05, 0.1) is 10.6 Å². The van der Waals surface area contributed by atoms with Crippen molar-refractivity contribution in [3.8, 4) is 0 Å². The number of aryl methyl sites for hydroxylation is 1. The van der Waals surface area contributed by atoms with Crippen LogP contribution in [0.4, 0.5) is 0 Å². The molecule has 1 heterocycles. The zero-order chi connectivity index (χ0) is 15.5. The average Bonchev–Trinajstić information content (AvgIpc) is 2.44. The Kier molecular flexibility index (Phi) is 4.72. The highest BCUT2D eigenvalue weighted by molar-refractivity contribution is 7.89. The molecule has 0 amide bonds. The quantitative estimate of drug-likeness (QED) is 0.883. The number of primary sulfonamides is 1. The fourth-order valence-electron chi connectivity index (χ4n) is 2.03. The van der Waals surface area contributed by atoms with Gasteiger partial charge in [-0.25, -0.2) is 13.6 Å². The first-order chi connectivity index (χ1) is 9.86. The van der Waals surface area contributed by atoms with Crippen LogP contribution in [0.2, 0.25) is 0 Å². The van der Waals surface area contributed by atoms with E-state index in [0.717, 1.165) is 17.0 Å². The Hall–Kier alpha value is -1.76. The lowest BCUT2D eigenvalue weighted by Crippen LogP contribution is -2.19. The summed E-state index contributed by atoms with van der Waals surface area (Å²) in [6, 6.07) is 12.5. The maximum atomic E-state index is 11.4. The van der Waals surface area contributed by atoms with E-state index in [4.69, 9.17) is 5.14 Å². The molecule has 0 fully saturated rings. The van der Waals surface area contributed by atoms with Crippen molar-refractivity contribution >= 4 is 10.0 Å². The lowest BCUT2D eigenvalue weighted by Gasteiger charge is -2.15. The molecule has 6 heteroatoms. The van der Waals surface area contributed by atoms with Crippen LogP contribution in [0.3, 0.4) is 0 Å². The Labute approximate surface area is 125 Å². The van der Waals surface area contributed by atoms with Crippen molar-refractivity contribution < 1.29 is 8.42 Å².